The number of nitrogens with zero attached hydrogens (tertiary/aromatic N) is 4. The van der Waals surface area contributed by atoms with Crippen LogP contribution in [-0.2, 0) is 11.3 Å². The van der Waals surface area contributed by atoms with Crippen molar-refractivity contribution in [1.29, 1.82) is 0 Å². The standard InChI is InChI=1S/C23H31N5OS/c29-22(24-14-13-19-9-3-1-4-10-19)18-30-23-26-25-21(17-27-15-7-8-16-27)28(23)20-11-5-2-6-12-20/h2,5-6,9,11-12H,1,3-4,7-8,10,13-18H2,(H,24,29). The molecule has 4 rings (SSSR count). The number of aromatic nitrogens is 3. The minimum atomic E-state index is 0.0557. The van der Waals surface area contributed by atoms with E-state index in [0.29, 0.717) is 5.75 Å². The first-order chi connectivity index (χ1) is 14.8. The Balaban J connectivity index is 1.36. The summed E-state index contributed by atoms with van der Waals surface area (Å²) in [6, 6.07) is 10.2. The topological polar surface area (TPSA) is 63.1 Å². The number of carbonyl (C=O) groups excluding carboxylic acids is 1. The molecule has 2 aromatic rings. The first-order valence-electron chi connectivity index (χ1n) is 11.1. The quantitative estimate of drug-likeness (QED) is 0.487. The van der Waals surface area contributed by atoms with E-state index in [1.807, 2.05) is 18.2 Å². The number of thioether (sulfide) groups is 1. The smallest absolute Gasteiger partial charge is 0.230 e. The second-order valence-corrected chi connectivity index (χ2v) is 8.99. The molecular weight excluding hydrogens is 394 g/mol. The van der Waals surface area contributed by atoms with E-state index in [9.17, 15) is 4.79 Å². The largest absolute Gasteiger partial charge is 0.355 e. The molecule has 1 saturated heterocycles. The molecule has 0 atom stereocenters. The molecule has 1 fully saturated rings. The van der Waals surface area contributed by atoms with Gasteiger partial charge in [0.05, 0.1) is 12.3 Å². The van der Waals surface area contributed by atoms with Crippen LogP contribution in [0.5, 0.6) is 0 Å². The van der Waals surface area contributed by atoms with E-state index < -0.39 is 0 Å². The highest BCUT2D eigenvalue weighted by atomic mass is 32.2. The van der Waals surface area contributed by atoms with E-state index in [1.165, 1.54) is 55.9 Å². The van der Waals surface area contributed by atoms with Crippen LogP contribution >= 0.6 is 11.8 Å². The highest BCUT2D eigenvalue weighted by Crippen LogP contribution is 2.24. The molecule has 30 heavy (non-hydrogen) atoms. The van der Waals surface area contributed by atoms with Crippen LogP contribution in [0.1, 0.15) is 50.8 Å². The maximum Gasteiger partial charge on any atom is 0.230 e. The van der Waals surface area contributed by atoms with Gasteiger partial charge in [0.25, 0.3) is 0 Å². The number of amides is 1. The molecular formula is C23H31N5OS. The summed E-state index contributed by atoms with van der Waals surface area (Å²) in [7, 11) is 0. The number of rotatable bonds is 9. The van der Waals surface area contributed by atoms with Crippen molar-refractivity contribution in [3.05, 3.63) is 47.8 Å². The van der Waals surface area contributed by atoms with Gasteiger partial charge in [0, 0.05) is 12.2 Å². The fraction of sp³-hybridized carbons (Fsp3) is 0.522. The molecule has 1 aliphatic carbocycles. The maximum atomic E-state index is 12.4. The molecule has 0 bridgehead atoms. The molecule has 7 heteroatoms. The van der Waals surface area contributed by atoms with Crippen molar-refractivity contribution in [1.82, 2.24) is 25.0 Å². The Hall–Kier alpha value is -2.12. The summed E-state index contributed by atoms with van der Waals surface area (Å²) in [4.78, 5) is 14.8. The van der Waals surface area contributed by atoms with Gasteiger partial charge in [-0.05, 0) is 70.2 Å². The van der Waals surface area contributed by atoms with Crippen LogP contribution in [-0.4, -0.2) is 51.0 Å². The van der Waals surface area contributed by atoms with Crippen LogP contribution < -0.4 is 5.32 Å². The summed E-state index contributed by atoms with van der Waals surface area (Å²) in [6.07, 6.45) is 10.8. The van der Waals surface area contributed by atoms with Gasteiger partial charge in [0.2, 0.25) is 5.91 Å². The van der Waals surface area contributed by atoms with Gasteiger partial charge in [-0.25, -0.2) is 0 Å². The van der Waals surface area contributed by atoms with Gasteiger partial charge in [-0.2, -0.15) is 0 Å². The third kappa shape index (κ3) is 5.73. The number of benzene rings is 1. The van der Waals surface area contributed by atoms with Crippen LogP contribution in [0.2, 0.25) is 0 Å². The predicted molar refractivity (Wildman–Crippen MR) is 121 cm³/mol. The van der Waals surface area contributed by atoms with Gasteiger partial charge < -0.3 is 5.32 Å². The summed E-state index contributed by atoms with van der Waals surface area (Å²) < 4.78 is 2.10. The molecule has 160 valence electrons. The van der Waals surface area contributed by atoms with Crippen molar-refractivity contribution in [3.8, 4) is 5.69 Å². The Labute approximate surface area is 183 Å². The van der Waals surface area contributed by atoms with Gasteiger partial charge >= 0.3 is 0 Å². The lowest BCUT2D eigenvalue weighted by atomic mass is 9.97. The monoisotopic (exact) mass is 425 g/mol. The third-order valence-electron chi connectivity index (χ3n) is 5.76. The zero-order chi connectivity index (χ0) is 20.6. The molecule has 0 spiro atoms. The first-order valence-corrected chi connectivity index (χ1v) is 12.1. The number of carbonyl (C=O) groups is 1. The Morgan fingerprint density at radius 3 is 2.67 bits per heavy atom. The SMILES string of the molecule is O=C(CSc1nnc(CN2CCCC2)n1-c1ccccc1)NCCC1=CCCCC1. The second kappa shape index (κ2) is 10.8. The Morgan fingerprint density at radius 1 is 1.07 bits per heavy atom. The van der Waals surface area contributed by atoms with E-state index in [-0.39, 0.29) is 5.91 Å². The molecule has 0 saturated carbocycles. The predicted octanol–water partition coefficient (Wildman–Crippen LogP) is 3.96. The highest BCUT2D eigenvalue weighted by molar-refractivity contribution is 7.99. The van der Waals surface area contributed by atoms with Crippen molar-refractivity contribution in [2.24, 2.45) is 0 Å². The number of allylic oxidation sites excluding steroid dienone is 1. The molecule has 1 N–H and O–H groups in total. The van der Waals surface area contributed by atoms with Crippen molar-refractivity contribution in [2.75, 3.05) is 25.4 Å². The van der Waals surface area contributed by atoms with E-state index in [0.717, 1.165) is 49.3 Å². The number of hydrogen-bond donors (Lipinski definition) is 1. The zero-order valence-corrected chi connectivity index (χ0v) is 18.4. The van der Waals surface area contributed by atoms with E-state index >= 15 is 0 Å². The zero-order valence-electron chi connectivity index (χ0n) is 17.6. The average molecular weight is 426 g/mol. The summed E-state index contributed by atoms with van der Waals surface area (Å²) in [5.74, 6) is 1.35. The van der Waals surface area contributed by atoms with Gasteiger partial charge in [-0.1, -0.05) is 41.6 Å². The molecule has 1 aromatic carbocycles. The summed E-state index contributed by atoms with van der Waals surface area (Å²) in [5, 5.41) is 12.7. The Kier molecular flexibility index (Phi) is 7.59. The van der Waals surface area contributed by atoms with E-state index in [4.69, 9.17) is 0 Å². The van der Waals surface area contributed by atoms with Crippen LogP contribution in [0.3, 0.4) is 0 Å². The van der Waals surface area contributed by atoms with Crippen molar-refractivity contribution in [3.63, 3.8) is 0 Å². The summed E-state index contributed by atoms with van der Waals surface area (Å²) in [6.45, 7) is 3.74. The lowest BCUT2D eigenvalue weighted by molar-refractivity contribution is -0.118. The van der Waals surface area contributed by atoms with Gasteiger partial charge in [-0.3, -0.25) is 14.3 Å². The lowest BCUT2D eigenvalue weighted by Gasteiger charge is -2.16. The molecule has 6 nitrogen and oxygen atoms in total. The molecule has 1 aromatic heterocycles. The fourth-order valence-electron chi connectivity index (χ4n) is 4.15. The number of nitrogens with one attached hydrogen (secondary N) is 1. The highest BCUT2D eigenvalue weighted by Gasteiger charge is 2.20. The van der Waals surface area contributed by atoms with Gasteiger partial charge in [0.1, 0.15) is 0 Å². The minimum Gasteiger partial charge on any atom is -0.355 e. The normalized spacial score (nSPS) is 17.1. The first kappa shape index (κ1) is 21.1. The van der Waals surface area contributed by atoms with E-state index in [2.05, 4.69) is 43.2 Å². The third-order valence-corrected chi connectivity index (χ3v) is 6.69. The molecule has 0 unspecified atom stereocenters. The number of likely N-dealkylation sites (tertiary alicyclic amines) is 1. The van der Waals surface area contributed by atoms with Crippen molar-refractivity contribution in [2.45, 2.75) is 56.6 Å². The van der Waals surface area contributed by atoms with Crippen LogP contribution in [0, 0.1) is 0 Å². The van der Waals surface area contributed by atoms with Crippen LogP contribution in [0.4, 0.5) is 0 Å². The van der Waals surface area contributed by atoms with Crippen molar-refractivity contribution < 1.29 is 4.79 Å². The Morgan fingerprint density at radius 2 is 1.90 bits per heavy atom. The fourth-order valence-corrected chi connectivity index (χ4v) is 4.95. The summed E-state index contributed by atoms with van der Waals surface area (Å²) >= 11 is 1.46. The Bertz CT molecular complexity index is 858. The maximum absolute atomic E-state index is 12.4. The minimum absolute atomic E-state index is 0.0557. The molecule has 2 aliphatic rings. The van der Waals surface area contributed by atoms with Crippen LogP contribution in [0.15, 0.2) is 47.1 Å². The van der Waals surface area contributed by atoms with Crippen molar-refractivity contribution >= 4 is 17.7 Å². The van der Waals surface area contributed by atoms with E-state index in [1.54, 1.807) is 0 Å². The average Bonchev–Trinajstić information content (AvgIpc) is 3.44. The van der Waals surface area contributed by atoms with Gasteiger partial charge in [-0.15, -0.1) is 10.2 Å². The number of para-hydroxylation sites is 1. The second-order valence-electron chi connectivity index (χ2n) is 8.05. The molecule has 0 radical (unpaired) electrons. The molecule has 2 heterocycles. The molecule has 1 amide bonds. The van der Waals surface area contributed by atoms with Gasteiger partial charge in [0.15, 0.2) is 11.0 Å². The van der Waals surface area contributed by atoms with Crippen LogP contribution in [0.25, 0.3) is 5.69 Å². The number of hydrogen-bond acceptors (Lipinski definition) is 5. The molecule has 1 aliphatic heterocycles. The summed E-state index contributed by atoms with van der Waals surface area (Å²) in [5.41, 5.74) is 2.54. The lowest BCUT2D eigenvalue weighted by Crippen LogP contribution is -2.26.